The van der Waals surface area contributed by atoms with Crippen LogP contribution >= 0.6 is 0 Å². The third-order valence-electron chi connectivity index (χ3n) is 2.24. The van der Waals surface area contributed by atoms with Crippen molar-refractivity contribution in [2.75, 3.05) is 20.1 Å². The first kappa shape index (κ1) is 14.5. The third kappa shape index (κ3) is 9.96. The maximum atomic E-state index is 2.37. The SMILES string of the molecule is CC.CCC(C)CCN(C)CC. The monoisotopic (exact) mass is 173 g/mol. The van der Waals surface area contributed by atoms with Crippen molar-refractivity contribution in [1.82, 2.24) is 4.90 Å². The van der Waals surface area contributed by atoms with Gasteiger partial charge in [-0.3, -0.25) is 0 Å². The summed E-state index contributed by atoms with van der Waals surface area (Å²) in [4.78, 5) is 2.37. The highest BCUT2D eigenvalue weighted by atomic mass is 15.1. The van der Waals surface area contributed by atoms with Crippen LogP contribution in [0.25, 0.3) is 0 Å². The van der Waals surface area contributed by atoms with Crippen LogP contribution in [0.1, 0.15) is 47.5 Å². The van der Waals surface area contributed by atoms with Crippen molar-refractivity contribution in [3.63, 3.8) is 0 Å². The zero-order valence-electron chi connectivity index (χ0n) is 9.85. The molecule has 12 heavy (non-hydrogen) atoms. The molecule has 0 saturated carbocycles. The van der Waals surface area contributed by atoms with E-state index in [0.29, 0.717) is 0 Å². The maximum Gasteiger partial charge on any atom is -0.00194 e. The van der Waals surface area contributed by atoms with Gasteiger partial charge in [-0.05, 0) is 32.5 Å². The molecule has 0 bridgehead atoms. The molecule has 0 amide bonds. The standard InChI is InChI=1S/C9H21N.C2H6/c1-5-9(3)7-8-10(4)6-2;1-2/h9H,5-8H2,1-4H3;1-2H3. The zero-order chi connectivity index (χ0) is 9.98. The fourth-order valence-corrected chi connectivity index (χ4v) is 0.803. The Labute approximate surface area is 79.2 Å². The molecule has 0 heterocycles. The van der Waals surface area contributed by atoms with Crippen molar-refractivity contribution in [1.29, 1.82) is 0 Å². The summed E-state index contributed by atoms with van der Waals surface area (Å²) < 4.78 is 0. The average Bonchev–Trinajstić information content (AvgIpc) is 2.16. The van der Waals surface area contributed by atoms with Crippen LogP contribution in [-0.4, -0.2) is 25.0 Å². The molecule has 0 aromatic rings. The Kier molecular flexibility index (Phi) is 13.2. The fourth-order valence-electron chi connectivity index (χ4n) is 0.803. The molecule has 0 spiro atoms. The Morgan fingerprint density at radius 3 is 2.00 bits per heavy atom. The highest BCUT2D eigenvalue weighted by Crippen LogP contribution is 2.06. The molecule has 0 N–H and O–H groups in total. The quantitative estimate of drug-likeness (QED) is 0.616. The first-order valence-electron chi connectivity index (χ1n) is 5.39. The van der Waals surface area contributed by atoms with Gasteiger partial charge in [0.1, 0.15) is 0 Å². The molecule has 0 saturated heterocycles. The van der Waals surface area contributed by atoms with Gasteiger partial charge in [-0.1, -0.05) is 41.0 Å². The van der Waals surface area contributed by atoms with Gasteiger partial charge < -0.3 is 4.90 Å². The molecule has 0 aliphatic carbocycles. The minimum atomic E-state index is 0.897. The molecule has 1 unspecified atom stereocenters. The van der Waals surface area contributed by atoms with Crippen molar-refractivity contribution in [3.05, 3.63) is 0 Å². The van der Waals surface area contributed by atoms with Crippen molar-refractivity contribution < 1.29 is 0 Å². The molecule has 0 rings (SSSR count). The molecule has 1 atom stereocenters. The van der Waals surface area contributed by atoms with Crippen molar-refractivity contribution in [2.24, 2.45) is 5.92 Å². The van der Waals surface area contributed by atoms with Gasteiger partial charge in [-0.25, -0.2) is 0 Å². The summed E-state index contributed by atoms with van der Waals surface area (Å²) in [5, 5.41) is 0. The molecular weight excluding hydrogens is 146 g/mol. The summed E-state index contributed by atoms with van der Waals surface area (Å²) >= 11 is 0. The Morgan fingerprint density at radius 2 is 1.67 bits per heavy atom. The molecule has 1 heteroatoms. The van der Waals surface area contributed by atoms with Gasteiger partial charge in [0.15, 0.2) is 0 Å². The Bertz CT molecular complexity index is 61.4. The number of nitrogens with zero attached hydrogens (tertiary/aromatic N) is 1. The van der Waals surface area contributed by atoms with Crippen LogP contribution in [0.2, 0.25) is 0 Å². The second kappa shape index (κ2) is 11.0. The first-order valence-corrected chi connectivity index (χ1v) is 5.39. The van der Waals surface area contributed by atoms with Gasteiger partial charge in [0.2, 0.25) is 0 Å². The molecule has 1 nitrogen and oxygen atoms in total. The van der Waals surface area contributed by atoms with Crippen molar-refractivity contribution in [2.45, 2.75) is 47.5 Å². The van der Waals surface area contributed by atoms with E-state index in [9.17, 15) is 0 Å². The van der Waals surface area contributed by atoms with Crippen LogP contribution in [0, 0.1) is 5.92 Å². The number of rotatable bonds is 5. The van der Waals surface area contributed by atoms with Crippen LogP contribution in [0.4, 0.5) is 0 Å². The molecule has 0 aliphatic heterocycles. The minimum absolute atomic E-state index is 0.897. The van der Waals surface area contributed by atoms with E-state index in [4.69, 9.17) is 0 Å². The largest absolute Gasteiger partial charge is 0.307 e. The molecule has 0 aliphatic rings. The van der Waals surface area contributed by atoms with Crippen LogP contribution in [0.15, 0.2) is 0 Å². The van der Waals surface area contributed by atoms with E-state index in [2.05, 4.69) is 32.7 Å². The number of hydrogen-bond donors (Lipinski definition) is 0. The summed E-state index contributed by atoms with van der Waals surface area (Å²) in [5.74, 6) is 0.897. The number of hydrogen-bond acceptors (Lipinski definition) is 1. The summed E-state index contributed by atoms with van der Waals surface area (Å²) in [6.07, 6.45) is 2.67. The first-order chi connectivity index (χ1) is 5.70. The van der Waals surface area contributed by atoms with E-state index in [1.165, 1.54) is 25.9 Å². The van der Waals surface area contributed by atoms with E-state index in [1.54, 1.807) is 0 Å². The molecular formula is C11H27N. The molecule has 0 aromatic heterocycles. The predicted molar refractivity (Wildman–Crippen MR) is 58.6 cm³/mol. The topological polar surface area (TPSA) is 3.24 Å². The zero-order valence-corrected chi connectivity index (χ0v) is 9.85. The van der Waals surface area contributed by atoms with Crippen LogP contribution in [0.5, 0.6) is 0 Å². The Hall–Kier alpha value is -0.0400. The summed E-state index contributed by atoms with van der Waals surface area (Å²) in [5.41, 5.74) is 0. The normalized spacial score (nSPS) is 12.2. The third-order valence-corrected chi connectivity index (χ3v) is 2.24. The Balaban J connectivity index is 0. The molecule has 0 radical (unpaired) electrons. The predicted octanol–water partition coefficient (Wildman–Crippen LogP) is 3.40. The van der Waals surface area contributed by atoms with Gasteiger partial charge in [0.25, 0.3) is 0 Å². The molecule has 0 fully saturated rings. The van der Waals surface area contributed by atoms with Gasteiger partial charge in [-0.15, -0.1) is 0 Å². The van der Waals surface area contributed by atoms with Crippen molar-refractivity contribution >= 4 is 0 Å². The van der Waals surface area contributed by atoms with Crippen LogP contribution < -0.4 is 0 Å². The fraction of sp³-hybridized carbons (Fsp3) is 1.00. The lowest BCUT2D eigenvalue weighted by Crippen LogP contribution is -2.20. The van der Waals surface area contributed by atoms with E-state index in [-0.39, 0.29) is 0 Å². The second-order valence-corrected chi connectivity index (χ2v) is 3.20. The van der Waals surface area contributed by atoms with Crippen LogP contribution in [-0.2, 0) is 0 Å². The van der Waals surface area contributed by atoms with Crippen LogP contribution in [0.3, 0.4) is 0 Å². The van der Waals surface area contributed by atoms with E-state index < -0.39 is 0 Å². The Morgan fingerprint density at radius 1 is 1.17 bits per heavy atom. The lowest BCUT2D eigenvalue weighted by atomic mass is 10.1. The van der Waals surface area contributed by atoms with Gasteiger partial charge in [0.05, 0.1) is 0 Å². The lowest BCUT2D eigenvalue weighted by molar-refractivity contribution is 0.317. The van der Waals surface area contributed by atoms with Gasteiger partial charge in [0, 0.05) is 0 Å². The molecule has 0 aromatic carbocycles. The van der Waals surface area contributed by atoms with Crippen molar-refractivity contribution in [3.8, 4) is 0 Å². The summed E-state index contributed by atoms with van der Waals surface area (Å²) in [6.45, 7) is 13.2. The van der Waals surface area contributed by atoms with E-state index in [1.807, 2.05) is 13.8 Å². The highest BCUT2D eigenvalue weighted by Gasteiger charge is 1.99. The lowest BCUT2D eigenvalue weighted by Gasteiger charge is -2.15. The van der Waals surface area contributed by atoms with Gasteiger partial charge in [-0.2, -0.15) is 0 Å². The maximum absolute atomic E-state index is 2.37. The summed E-state index contributed by atoms with van der Waals surface area (Å²) in [7, 11) is 2.18. The van der Waals surface area contributed by atoms with E-state index >= 15 is 0 Å². The molecule has 76 valence electrons. The average molecular weight is 173 g/mol. The van der Waals surface area contributed by atoms with E-state index in [0.717, 1.165) is 5.92 Å². The second-order valence-electron chi connectivity index (χ2n) is 3.20. The van der Waals surface area contributed by atoms with Gasteiger partial charge >= 0.3 is 0 Å². The smallest absolute Gasteiger partial charge is 0.00194 e. The minimum Gasteiger partial charge on any atom is -0.307 e. The highest BCUT2D eigenvalue weighted by molar-refractivity contribution is 4.53. The summed E-state index contributed by atoms with van der Waals surface area (Å²) in [6, 6.07) is 0.